The predicted octanol–water partition coefficient (Wildman–Crippen LogP) is 4.63. The number of carbonyl (C=O) groups is 4. The third-order valence-corrected chi connectivity index (χ3v) is 13.7. The van der Waals surface area contributed by atoms with Crippen LogP contribution < -0.4 is 0 Å². The van der Waals surface area contributed by atoms with Crippen LogP contribution in [0.4, 0.5) is 0 Å². The maximum Gasteiger partial charge on any atom is 0.331 e. The Morgan fingerprint density at radius 1 is 0.720 bits per heavy atom. The normalized spacial score (nSPS) is 36.8. The third-order valence-electron chi connectivity index (χ3n) is 13.7. The van der Waals surface area contributed by atoms with Crippen molar-refractivity contribution in [2.45, 2.75) is 138 Å². The predicted molar refractivity (Wildman–Crippen MR) is 185 cm³/mol. The van der Waals surface area contributed by atoms with E-state index in [2.05, 4.69) is 23.6 Å². The lowest BCUT2D eigenvalue weighted by atomic mass is 9.75. The Morgan fingerprint density at radius 3 is 1.58 bits per heavy atom. The second-order valence-corrected chi connectivity index (χ2v) is 16.1. The van der Waals surface area contributed by atoms with E-state index in [-0.39, 0.29) is 60.0 Å². The standard InChI is InChI=1S/C40H50N4O6/c1-3-15-43(29-19-25-21-35(45)49-39(25)23-31(29)41-17-9-7-13-33(39)41)37(47)27-11-5-6-12-28(27)38(48)44(16-4-2)30-20-26-22-36(46)50-40(26)24-32(30)42-18-10-8-14-34(40)42/h5-6,11-12,21-22,29-34H,3-4,7-10,13-20,23-24H2,1-2H3/t29-,30+,31-,32-,33+,34+,39-,40-/m0/s1. The molecule has 10 nitrogen and oxygen atoms in total. The molecule has 6 heterocycles. The summed E-state index contributed by atoms with van der Waals surface area (Å²) in [5.74, 6) is -0.745. The number of hydrogen-bond donors (Lipinski definition) is 0. The molecule has 2 spiro atoms. The lowest BCUT2D eigenvalue weighted by Crippen LogP contribution is -2.55. The van der Waals surface area contributed by atoms with Gasteiger partial charge in [0, 0.05) is 50.2 Å². The number of amides is 2. The van der Waals surface area contributed by atoms with E-state index in [1.165, 1.54) is 0 Å². The first kappa shape index (κ1) is 32.4. The molecule has 50 heavy (non-hydrogen) atoms. The van der Waals surface area contributed by atoms with E-state index in [9.17, 15) is 19.2 Å². The van der Waals surface area contributed by atoms with Gasteiger partial charge in [0.15, 0.2) is 11.2 Å². The molecule has 266 valence electrons. The molecule has 0 unspecified atom stereocenters. The van der Waals surface area contributed by atoms with E-state index in [0.29, 0.717) is 37.1 Å². The maximum absolute atomic E-state index is 15.0. The van der Waals surface area contributed by atoms with Crippen LogP contribution in [0, 0.1) is 0 Å². The number of carbonyl (C=O) groups excluding carboxylic acids is 4. The van der Waals surface area contributed by atoms with Gasteiger partial charge in [-0.3, -0.25) is 19.4 Å². The number of benzene rings is 1. The van der Waals surface area contributed by atoms with Crippen molar-refractivity contribution < 1.29 is 28.7 Å². The summed E-state index contributed by atoms with van der Waals surface area (Å²) in [6, 6.07) is 7.69. The number of fused-ring (bicyclic) bond motifs is 6. The fraction of sp³-hybridized carbons (Fsp3) is 0.650. The number of esters is 2. The Bertz CT molecular complexity index is 1570. The third kappa shape index (κ3) is 4.59. The lowest BCUT2D eigenvalue weighted by Gasteiger charge is -2.43. The average molecular weight is 683 g/mol. The van der Waals surface area contributed by atoms with Crippen molar-refractivity contribution >= 4 is 23.8 Å². The van der Waals surface area contributed by atoms with Crippen molar-refractivity contribution in [2.24, 2.45) is 0 Å². The molecule has 0 aromatic heterocycles. The van der Waals surface area contributed by atoms with Gasteiger partial charge in [0.1, 0.15) is 0 Å². The summed E-state index contributed by atoms with van der Waals surface area (Å²) in [5.41, 5.74) is 1.85. The van der Waals surface area contributed by atoms with E-state index >= 15 is 0 Å². The molecule has 2 aliphatic carbocycles. The summed E-state index contributed by atoms with van der Waals surface area (Å²) in [6.45, 7) is 7.22. The molecule has 6 fully saturated rings. The first-order valence-corrected chi connectivity index (χ1v) is 19.4. The average Bonchev–Trinajstić information content (AvgIpc) is 3.82. The zero-order valence-corrected chi connectivity index (χ0v) is 29.5. The Morgan fingerprint density at radius 2 is 1.16 bits per heavy atom. The van der Waals surface area contributed by atoms with Crippen molar-refractivity contribution in [1.82, 2.24) is 19.6 Å². The van der Waals surface area contributed by atoms with Crippen LogP contribution in [0.1, 0.15) is 112 Å². The molecule has 8 atom stereocenters. The molecule has 10 heteroatoms. The van der Waals surface area contributed by atoms with Crippen molar-refractivity contribution in [3.05, 3.63) is 58.7 Å². The molecule has 0 radical (unpaired) electrons. The minimum absolute atomic E-state index is 0.102. The van der Waals surface area contributed by atoms with Gasteiger partial charge in [0.2, 0.25) is 0 Å². The SMILES string of the molecule is CCCN(C(=O)c1ccccc1C(=O)N(CCC)[C@H]1CC2=CC(=O)O[C@@]23C[C@@H]1N1CCCC[C@@H]13)[C@@H]1CC2=CC(=O)O[C@@]23C[C@@H]1N1CCCC[C@@H]13. The zero-order valence-electron chi connectivity index (χ0n) is 29.5. The smallest absolute Gasteiger partial charge is 0.331 e. The quantitative estimate of drug-likeness (QED) is 0.366. The highest BCUT2D eigenvalue weighted by Gasteiger charge is 2.66. The molecule has 2 saturated carbocycles. The van der Waals surface area contributed by atoms with Gasteiger partial charge in [0.05, 0.1) is 35.3 Å². The van der Waals surface area contributed by atoms with Gasteiger partial charge in [-0.1, -0.05) is 38.8 Å². The highest BCUT2D eigenvalue weighted by atomic mass is 16.6. The summed E-state index contributed by atoms with van der Waals surface area (Å²) in [5, 5.41) is 0. The topological polar surface area (TPSA) is 99.7 Å². The molecule has 8 aliphatic rings. The van der Waals surface area contributed by atoms with Gasteiger partial charge < -0.3 is 19.3 Å². The van der Waals surface area contributed by atoms with Crippen molar-refractivity contribution in [1.29, 1.82) is 0 Å². The lowest BCUT2D eigenvalue weighted by molar-refractivity contribution is -0.149. The molecule has 6 aliphatic heterocycles. The van der Waals surface area contributed by atoms with E-state index in [1.54, 1.807) is 12.2 Å². The van der Waals surface area contributed by atoms with E-state index in [1.807, 2.05) is 34.1 Å². The van der Waals surface area contributed by atoms with E-state index in [0.717, 1.165) is 88.4 Å². The maximum atomic E-state index is 15.0. The summed E-state index contributed by atoms with van der Waals surface area (Å²) < 4.78 is 12.3. The monoisotopic (exact) mass is 682 g/mol. The first-order valence-electron chi connectivity index (χ1n) is 19.4. The first-order chi connectivity index (χ1) is 24.3. The fourth-order valence-corrected chi connectivity index (χ4v) is 11.8. The number of ether oxygens (including phenoxy) is 2. The zero-order chi connectivity index (χ0) is 34.4. The Kier molecular flexibility index (Phi) is 7.81. The van der Waals surface area contributed by atoms with Gasteiger partial charge in [-0.2, -0.15) is 0 Å². The van der Waals surface area contributed by atoms with E-state index < -0.39 is 11.2 Å². The van der Waals surface area contributed by atoms with Gasteiger partial charge >= 0.3 is 11.9 Å². The molecule has 4 bridgehead atoms. The fourth-order valence-electron chi connectivity index (χ4n) is 11.8. The van der Waals surface area contributed by atoms with Crippen LogP contribution in [0.15, 0.2) is 47.6 Å². The van der Waals surface area contributed by atoms with Crippen molar-refractivity contribution in [3.8, 4) is 0 Å². The number of rotatable bonds is 8. The van der Waals surface area contributed by atoms with Gasteiger partial charge in [0.25, 0.3) is 11.8 Å². The largest absolute Gasteiger partial charge is 0.450 e. The van der Waals surface area contributed by atoms with Crippen LogP contribution in [-0.2, 0) is 19.1 Å². The van der Waals surface area contributed by atoms with Crippen molar-refractivity contribution in [3.63, 3.8) is 0 Å². The number of hydrogen-bond acceptors (Lipinski definition) is 8. The molecule has 9 rings (SSSR count). The van der Waals surface area contributed by atoms with Crippen LogP contribution in [0.5, 0.6) is 0 Å². The number of nitrogens with zero attached hydrogens (tertiary/aromatic N) is 4. The summed E-state index contributed by atoms with van der Waals surface area (Å²) >= 11 is 0. The van der Waals surface area contributed by atoms with Gasteiger partial charge in [-0.05, 0) is 87.7 Å². The molecule has 4 saturated heterocycles. The Hall–Kier alpha value is -3.50. The summed E-state index contributed by atoms with van der Waals surface area (Å²) in [4.78, 5) is 64.5. The second kappa shape index (κ2) is 12.0. The minimum atomic E-state index is -0.552. The van der Waals surface area contributed by atoms with Crippen LogP contribution in [0.25, 0.3) is 0 Å². The highest BCUT2D eigenvalue weighted by Crippen LogP contribution is 2.56. The van der Waals surface area contributed by atoms with Crippen LogP contribution in [-0.4, -0.2) is 117 Å². The van der Waals surface area contributed by atoms with Crippen LogP contribution in [0.3, 0.4) is 0 Å². The molecule has 1 aromatic carbocycles. The molecule has 1 aromatic rings. The number of piperidine rings is 2. The van der Waals surface area contributed by atoms with Crippen molar-refractivity contribution in [2.75, 3.05) is 26.2 Å². The van der Waals surface area contributed by atoms with E-state index in [4.69, 9.17) is 9.47 Å². The highest BCUT2D eigenvalue weighted by molar-refractivity contribution is 6.07. The molecule has 2 amide bonds. The van der Waals surface area contributed by atoms with Gasteiger partial charge in [-0.15, -0.1) is 0 Å². The molecular weight excluding hydrogens is 632 g/mol. The minimum Gasteiger partial charge on any atom is -0.450 e. The Labute approximate surface area is 294 Å². The summed E-state index contributed by atoms with van der Waals surface area (Å²) in [7, 11) is 0. The molecule has 0 N–H and O–H groups in total. The molecular formula is C40H50N4O6. The van der Waals surface area contributed by atoms with Crippen LogP contribution >= 0.6 is 0 Å². The Balaban J connectivity index is 1.05. The second-order valence-electron chi connectivity index (χ2n) is 16.1. The van der Waals surface area contributed by atoms with Crippen LogP contribution in [0.2, 0.25) is 0 Å². The van der Waals surface area contributed by atoms with Gasteiger partial charge in [-0.25, -0.2) is 9.59 Å². The summed E-state index contributed by atoms with van der Waals surface area (Å²) in [6.07, 6.45) is 14.1.